The second-order valence-electron chi connectivity index (χ2n) is 7.27. The molecule has 0 aliphatic carbocycles. The van der Waals surface area contributed by atoms with Gasteiger partial charge in [-0.2, -0.15) is 4.31 Å². The van der Waals surface area contributed by atoms with Crippen LogP contribution in [-0.4, -0.2) is 14.4 Å². The first-order valence-corrected chi connectivity index (χ1v) is 11.0. The van der Waals surface area contributed by atoms with Crippen molar-refractivity contribution >= 4 is 33.5 Å². The predicted molar refractivity (Wildman–Crippen MR) is 120 cm³/mol. The van der Waals surface area contributed by atoms with Crippen molar-refractivity contribution in [3.8, 4) is 0 Å². The number of aryl methyl sites for hydroxylation is 1. The third-order valence-electron chi connectivity index (χ3n) is 5.43. The van der Waals surface area contributed by atoms with Crippen LogP contribution in [0.2, 0.25) is 0 Å². The lowest BCUT2D eigenvalue weighted by Crippen LogP contribution is -2.51. The van der Waals surface area contributed by atoms with E-state index in [1.165, 1.54) is 4.90 Å². The normalized spacial score (nSPS) is 15.1. The third-order valence-corrected chi connectivity index (χ3v) is 7.16. The lowest BCUT2D eigenvalue weighted by atomic mass is 10.1. The second kappa shape index (κ2) is 7.46. The number of carbonyl (C=O) groups is 1. The van der Waals surface area contributed by atoms with Crippen molar-refractivity contribution in [2.75, 3.05) is 9.21 Å². The van der Waals surface area contributed by atoms with Crippen LogP contribution in [0.5, 0.6) is 0 Å². The summed E-state index contributed by atoms with van der Waals surface area (Å²) in [5.41, 5.74) is 4.30. The van der Waals surface area contributed by atoms with E-state index in [1.54, 1.807) is 42.5 Å². The quantitative estimate of drug-likeness (QED) is 0.579. The lowest BCUT2D eigenvalue weighted by molar-refractivity contribution is 0.253. The molecular formula is C24H22N2O3S. The van der Waals surface area contributed by atoms with Gasteiger partial charge in [0.05, 0.1) is 17.9 Å². The number of fused-ring (bicyclic) bond motifs is 1. The fraction of sp³-hybridized carbons (Fsp3) is 0.125. The molecule has 0 aromatic heterocycles. The van der Waals surface area contributed by atoms with Gasteiger partial charge in [0.25, 0.3) is 10.0 Å². The van der Waals surface area contributed by atoms with E-state index in [-0.39, 0.29) is 11.4 Å². The van der Waals surface area contributed by atoms with Crippen LogP contribution in [0.1, 0.15) is 22.3 Å². The molecule has 1 heterocycles. The largest absolute Gasteiger partial charge is 0.343 e. The molecule has 152 valence electrons. The van der Waals surface area contributed by atoms with Crippen molar-refractivity contribution in [1.82, 2.24) is 0 Å². The molecule has 0 N–H and O–H groups in total. The summed E-state index contributed by atoms with van der Waals surface area (Å²) >= 11 is 0. The average molecular weight is 419 g/mol. The Bertz CT molecular complexity index is 1250. The number of hydrogen-bond acceptors (Lipinski definition) is 3. The molecule has 0 radical (unpaired) electrons. The van der Waals surface area contributed by atoms with Gasteiger partial charge in [-0.3, -0.25) is 4.90 Å². The van der Waals surface area contributed by atoms with Gasteiger partial charge in [-0.25, -0.2) is 13.2 Å². The zero-order valence-electron chi connectivity index (χ0n) is 16.9. The minimum atomic E-state index is -4.03. The Kier molecular flexibility index (Phi) is 4.95. The fourth-order valence-electron chi connectivity index (χ4n) is 3.59. The highest BCUT2D eigenvalue weighted by molar-refractivity contribution is 7.94. The molecule has 0 saturated carbocycles. The molecule has 0 unspecified atom stereocenters. The number of para-hydroxylation sites is 1. The predicted octanol–water partition coefficient (Wildman–Crippen LogP) is 5.28. The van der Waals surface area contributed by atoms with Crippen LogP contribution >= 0.6 is 0 Å². The van der Waals surface area contributed by atoms with Gasteiger partial charge in [0.1, 0.15) is 4.90 Å². The van der Waals surface area contributed by atoms with Gasteiger partial charge in [-0.05, 0) is 54.3 Å². The van der Waals surface area contributed by atoms with Crippen LogP contribution in [0.4, 0.5) is 16.2 Å². The van der Waals surface area contributed by atoms with Crippen LogP contribution in [0.25, 0.3) is 6.08 Å². The topological polar surface area (TPSA) is 57.7 Å². The molecule has 3 aromatic rings. The standard InChI is InChI=1S/C24H22N2O3S/c1-4-19-12-14-20(15-13-19)16-25-22-9-5-6-11-23(22)30(28,29)26(24(25)27)21-10-7-8-17(2)18(21)3/h4-15H,1,16H2,2-3H3. The summed E-state index contributed by atoms with van der Waals surface area (Å²) in [6.07, 6.45) is 1.75. The number of sulfonamides is 1. The summed E-state index contributed by atoms with van der Waals surface area (Å²) in [4.78, 5) is 15.2. The number of rotatable bonds is 4. The smallest absolute Gasteiger partial charge is 0.287 e. The van der Waals surface area contributed by atoms with E-state index < -0.39 is 16.1 Å². The van der Waals surface area contributed by atoms with E-state index >= 15 is 0 Å². The number of anilines is 2. The monoisotopic (exact) mass is 418 g/mol. The van der Waals surface area contributed by atoms with Gasteiger partial charge in [0.2, 0.25) is 0 Å². The van der Waals surface area contributed by atoms with Gasteiger partial charge >= 0.3 is 6.03 Å². The molecule has 0 fully saturated rings. The summed E-state index contributed by atoms with van der Waals surface area (Å²) in [7, 11) is -4.03. The van der Waals surface area contributed by atoms with Crippen LogP contribution in [-0.2, 0) is 16.6 Å². The maximum absolute atomic E-state index is 13.6. The van der Waals surface area contributed by atoms with Crippen molar-refractivity contribution in [3.63, 3.8) is 0 Å². The van der Waals surface area contributed by atoms with Crippen molar-refractivity contribution in [3.05, 3.63) is 95.6 Å². The first-order valence-electron chi connectivity index (χ1n) is 9.58. The van der Waals surface area contributed by atoms with Crippen molar-refractivity contribution in [2.45, 2.75) is 25.3 Å². The average Bonchev–Trinajstić information content (AvgIpc) is 2.74. The first-order chi connectivity index (χ1) is 14.3. The molecule has 5 nitrogen and oxygen atoms in total. The highest BCUT2D eigenvalue weighted by Gasteiger charge is 2.42. The molecule has 0 spiro atoms. The van der Waals surface area contributed by atoms with Gasteiger partial charge < -0.3 is 0 Å². The van der Waals surface area contributed by atoms with Crippen LogP contribution in [0.15, 0.2) is 78.2 Å². The maximum Gasteiger partial charge on any atom is 0.343 e. The number of urea groups is 1. The fourth-order valence-corrected chi connectivity index (χ4v) is 5.25. The molecular weight excluding hydrogens is 396 g/mol. The van der Waals surface area contributed by atoms with E-state index in [0.717, 1.165) is 26.6 Å². The highest BCUT2D eigenvalue weighted by atomic mass is 32.2. The zero-order chi connectivity index (χ0) is 21.5. The molecule has 0 saturated heterocycles. The summed E-state index contributed by atoms with van der Waals surface area (Å²) in [5.74, 6) is 0. The van der Waals surface area contributed by atoms with Crippen LogP contribution in [0, 0.1) is 13.8 Å². The van der Waals surface area contributed by atoms with Crippen molar-refractivity contribution in [2.24, 2.45) is 0 Å². The van der Waals surface area contributed by atoms with E-state index in [4.69, 9.17) is 0 Å². The molecule has 2 amide bonds. The van der Waals surface area contributed by atoms with Gasteiger partial charge in [-0.1, -0.05) is 61.2 Å². The van der Waals surface area contributed by atoms with Crippen LogP contribution in [0.3, 0.4) is 0 Å². The number of carbonyl (C=O) groups excluding carboxylic acids is 1. The number of amides is 2. The summed E-state index contributed by atoms with van der Waals surface area (Å²) < 4.78 is 27.8. The van der Waals surface area contributed by atoms with E-state index in [2.05, 4.69) is 6.58 Å². The van der Waals surface area contributed by atoms with Gasteiger partial charge in [0, 0.05) is 0 Å². The molecule has 0 bridgehead atoms. The molecule has 1 aliphatic rings. The van der Waals surface area contributed by atoms with E-state index in [9.17, 15) is 13.2 Å². The zero-order valence-corrected chi connectivity index (χ0v) is 17.7. The second-order valence-corrected chi connectivity index (χ2v) is 9.03. The number of nitrogens with zero attached hydrogens (tertiary/aromatic N) is 2. The number of benzene rings is 3. The van der Waals surface area contributed by atoms with E-state index in [0.29, 0.717) is 11.4 Å². The first kappa shape index (κ1) is 19.9. The molecule has 0 atom stereocenters. The van der Waals surface area contributed by atoms with Gasteiger partial charge in [0.15, 0.2) is 0 Å². The summed E-state index contributed by atoms with van der Waals surface area (Å²) in [6.45, 7) is 7.73. The van der Waals surface area contributed by atoms with Crippen molar-refractivity contribution in [1.29, 1.82) is 0 Å². The maximum atomic E-state index is 13.6. The van der Waals surface area contributed by atoms with Crippen molar-refractivity contribution < 1.29 is 13.2 Å². The highest BCUT2D eigenvalue weighted by Crippen LogP contribution is 2.39. The molecule has 30 heavy (non-hydrogen) atoms. The summed E-state index contributed by atoms with van der Waals surface area (Å²) in [6, 6.07) is 19.0. The Morgan fingerprint density at radius 2 is 1.57 bits per heavy atom. The Morgan fingerprint density at radius 3 is 2.27 bits per heavy atom. The Hall–Kier alpha value is -3.38. The van der Waals surface area contributed by atoms with Gasteiger partial charge in [-0.15, -0.1) is 0 Å². The Morgan fingerprint density at radius 1 is 0.900 bits per heavy atom. The Balaban J connectivity index is 1.87. The summed E-state index contributed by atoms with van der Waals surface area (Å²) in [5, 5.41) is 0. The number of hydrogen-bond donors (Lipinski definition) is 0. The molecule has 4 rings (SSSR count). The molecule has 3 aromatic carbocycles. The lowest BCUT2D eigenvalue weighted by Gasteiger charge is -2.37. The minimum Gasteiger partial charge on any atom is -0.287 e. The molecule has 6 heteroatoms. The third kappa shape index (κ3) is 3.19. The SMILES string of the molecule is C=Cc1ccc(CN2C(=O)N(c3cccc(C)c3C)S(=O)(=O)c3ccccc32)cc1. The van der Waals surface area contributed by atoms with E-state index in [1.807, 2.05) is 44.2 Å². The minimum absolute atomic E-state index is 0.119. The Labute approximate surface area is 176 Å². The molecule has 1 aliphatic heterocycles. The van der Waals surface area contributed by atoms with Crippen LogP contribution < -0.4 is 9.21 Å².